The minimum Gasteiger partial charge on any atom is -0.211 e. The number of isocyanates is 4. The highest BCUT2D eigenvalue weighted by atomic mass is 16.1. The lowest BCUT2D eigenvalue weighted by Gasteiger charge is -2.25. The molecule has 1 aliphatic carbocycles. The van der Waals surface area contributed by atoms with Crippen molar-refractivity contribution in [3.63, 3.8) is 0 Å². The topological polar surface area (TPSA) is 118 Å². The van der Waals surface area contributed by atoms with E-state index in [-0.39, 0.29) is 0 Å². The SMILES string of the molecule is O=C=NC(N=C=O)(c1ccccc1)c1ccccc1.O=C=NC1(N=C=O)CCCCC1. The molecule has 0 bridgehead atoms. The highest BCUT2D eigenvalue weighted by molar-refractivity contribution is 5.49. The van der Waals surface area contributed by atoms with Gasteiger partial charge in [0.15, 0.2) is 5.66 Å². The van der Waals surface area contributed by atoms with Gasteiger partial charge in [-0.2, -0.15) is 20.0 Å². The summed E-state index contributed by atoms with van der Waals surface area (Å²) in [4.78, 5) is 56.3. The van der Waals surface area contributed by atoms with Gasteiger partial charge in [-0.1, -0.05) is 67.1 Å². The second-order valence-electron chi connectivity index (χ2n) is 6.76. The quantitative estimate of drug-likeness (QED) is 0.524. The molecule has 31 heavy (non-hydrogen) atoms. The molecule has 0 spiro atoms. The molecule has 1 aliphatic rings. The Labute approximate surface area is 179 Å². The molecule has 0 atom stereocenters. The molecule has 2 aromatic carbocycles. The van der Waals surface area contributed by atoms with Crippen molar-refractivity contribution in [1.29, 1.82) is 0 Å². The van der Waals surface area contributed by atoms with Crippen molar-refractivity contribution < 1.29 is 19.2 Å². The monoisotopic (exact) mass is 416 g/mol. The molecule has 0 N–H and O–H groups in total. The first-order valence-corrected chi connectivity index (χ1v) is 9.63. The van der Waals surface area contributed by atoms with Gasteiger partial charge in [0.25, 0.3) is 0 Å². The summed E-state index contributed by atoms with van der Waals surface area (Å²) in [5.74, 6) is 0. The van der Waals surface area contributed by atoms with Crippen LogP contribution in [0.3, 0.4) is 0 Å². The molecule has 1 saturated carbocycles. The van der Waals surface area contributed by atoms with Gasteiger partial charge in [-0.25, -0.2) is 19.2 Å². The second kappa shape index (κ2) is 11.8. The molecule has 8 heteroatoms. The summed E-state index contributed by atoms with van der Waals surface area (Å²) >= 11 is 0. The molecule has 0 heterocycles. The fourth-order valence-corrected chi connectivity index (χ4v) is 3.46. The van der Waals surface area contributed by atoms with Crippen molar-refractivity contribution in [1.82, 2.24) is 0 Å². The normalized spacial score (nSPS) is 14.1. The zero-order valence-corrected chi connectivity index (χ0v) is 16.7. The van der Waals surface area contributed by atoms with Crippen LogP contribution in [-0.4, -0.2) is 30.0 Å². The Morgan fingerprint density at radius 2 is 1.03 bits per heavy atom. The Kier molecular flexibility index (Phi) is 8.88. The van der Waals surface area contributed by atoms with Crippen LogP contribution in [0.4, 0.5) is 0 Å². The number of rotatable bonds is 6. The van der Waals surface area contributed by atoms with Crippen molar-refractivity contribution in [3.05, 3.63) is 71.8 Å². The average Bonchev–Trinajstić information content (AvgIpc) is 2.81. The lowest BCUT2D eigenvalue weighted by Crippen LogP contribution is -2.26. The summed E-state index contributed by atoms with van der Waals surface area (Å²) in [5, 5.41) is 0. The van der Waals surface area contributed by atoms with E-state index in [0.717, 1.165) is 19.3 Å². The molecule has 0 aliphatic heterocycles. The van der Waals surface area contributed by atoms with Gasteiger partial charge in [0.2, 0.25) is 30.0 Å². The van der Waals surface area contributed by atoms with E-state index in [2.05, 4.69) is 20.0 Å². The van der Waals surface area contributed by atoms with Gasteiger partial charge in [0.1, 0.15) is 0 Å². The molecule has 0 aromatic heterocycles. The lowest BCUT2D eigenvalue weighted by molar-refractivity contribution is 0.309. The van der Waals surface area contributed by atoms with Crippen LogP contribution in [0.15, 0.2) is 80.6 Å². The summed E-state index contributed by atoms with van der Waals surface area (Å²) in [7, 11) is 0. The molecule has 0 unspecified atom stereocenters. The van der Waals surface area contributed by atoms with Gasteiger partial charge in [-0.15, -0.1) is 0 Å². The fraction of sp³-hybridized carbons (Fsp3) is 0.304. The number of hydrogen-bond acceptors (Lipinski definition) is 8. The van der Waals surface area contributed by atoms with Crippen LogP contribution in [0.1, 0.15) is 43.2 Å². The first-order chi connectivity index (χ1) is 15.2. The van der Waals surface area contributed by atoms with Crippen molar-refractivity contribution >= 4 is 24.3 Å². The third-order valence-corrected chi connectivity index (χ3v) is 4.93. The van der Waals surface area contributed by atoms with Gasteiger partial charge < -0.3 is 0 Å². The highest BCUT2D eigenvalue weighted by Crippen LogP contribution is 2.34. The molecular weight excluding hydrogens is 396 g/mol. The Bertz CT molecular complexity index is 960. The van der Waals surface area contributed by atoms with Crippen molar-refractivity contribution in [2.24, 2.45) is 20.0 Å². The van der Waals surface area contributed by atoms with E-state index in [9.17, 15) is 19.2 Å². The second-order valence-corrected chi connectivity index (χ2v) is 6.76. The molecule has 1 fully saturated rings. The lowest BCUT2D eigenvalue weighted by atomic mass is 9.90. The minimum absolute atomic E-state index is 0.605. The van der Waals surface area contributed by atoms with Crippen molar-refractivity contribution in [2.75, 3.05) is 0 Å². The molecule has 0 amide bonds. The third-order valence-electron chi connectivity index (χ3n) is 4.93. The largest absolute Gasteiger partial charge is 0.238 e. The van der Waals surface area contributed by atoms with Crippen LogP contribution in [0, 0.1) is 0 Å². The Morgan fingerprint density at radius 3 is 1.39 bits per heavy atom. The van der Waals surface area contributed by atoms with E-state index in [1.54, 1.807) is 48.5 Å². The number of nitrogens with zero attached hydrogens (tertiary/aromatic N) is 4. The van der Waals surface area contributed by atoms with Crippen LogP contribution in [0.2, 0.25) is 0 Å². The molecule has 3 rings (SSSR count). The summed E-state index contributed by atoms with van der Waals surface area (Å²) in [5.41, 5.74) is -1.02. The summed E-state index contributed by atoms with van der Waals surface area (Å²) in [6.07, 6.45) is 10.3. The number of benzene rings is 2. The minimum atomic E-state index is -1.41. The van der Waals surface area contributed by atoms with Crippen LogP contribution < -0.4 is 0 Å². The first kappa shape index (κ1) is 23.2. The van der Waals surface area contributed by atoms with E-state index in [0.29, 0.717) is 24.0 Å². The summed E-state index contributed by atoms with van der Waals surface area (Å²) < 4.78 is 0. The molecule has 8 nitrogen and oxygen atoms in total. The van der Waals surface area contributed by atoms with Crippen molar-refractivity contribution in [3.8, 4) is 0 Å². The molecule has 0 saturated heterocycles. The van der Waals surface area contributed by atoms with Crippen LogP contribution >= 0.6 is 0 Å². The Balaban J connectivity index is 0.000000245. The number of carbonyl (C=O) groups excluding carboxylic acids is 4. The molecule has 0 radical (unpaired) electrons. The van der Waals surface area contributed by atoms with E-state index >= 15 is 0 Å². The third kappa shape index (κ3) is 5.97. The maximum atomic E-state index is 10.8. The van der Waals surface area contributed by atoms with E-state index in [1.165, 1.54) is 24.3 Å². The Hall–Kier alpha value is -4.04. The first-order valence-electron chi connectivity index (χ1n) is 9.63. The zero-order chi connectivity index (χ0) is 22.4. The number of hydrogen-bond donors (Lipinski definition) is 0. The smallest absolute Gasteiger partial charge is 0.211 e. The van der Waals surface area contributed by atoms with Gasteiger partial charge in [0, 0.05) is 11.1 Å². The van der Waals surface area contributed by atoms with E-state index in [1.807, 2.05) is 12.1 Å². The summed E-state index contributed by atoms with van der Waals surface area (Å²) in [6, 6.07) is 17.8. The van der Waals surface area contributed by atoms with Gasteiger partial charge in [-0.05, 0) is 25.7 Å². The summed E-state index contributed by atoms with van der Waals surface area (Å²) in [6.45, 7) is 0. The predicted molar refractivity (Wildman–Crippen MR) is 112 cm³/mol. The van der Waals surface area contributed by atoms with Crippen LogP contribution in [0.25, 0.3) is 0 Å². The average molecular weight is 416 g/mol. The predicted octanol–water partition coefficient (Wildman–Crippen LogP) is 3.88. The molecule has 156 valence electrons. The van der Waals surface area contributed by atoms with Gasteiger partial charge in [0.05, 0.1) is 0 Å². The van der Waals surface area contributed by atoms with E-state index in [4.69, 9.17) is 0 Å². The van der Waals surface area contributed by atoms with E-state index < -0.39 is 11.3 Å². The van der Waals surface area contributed by atoms with Crippen molar-refractivity contribution in [2.45, 2.75) is 43.4 Å². The Morgan fingerprint density at radius 1 is 0.613 bits per heavy atom. The van der Waals surface area contributed by atoms with Gasteiger partial charge in [-0.3, -0.25) is 0 Å². The number of aliphatic imine (C=N–C) groups is 4. The molecular formula is C23H20N4O4. The zero-order valence-electron chi connectivity index (χ0n) is 16.7. The van der Waals surface area contributed by atoms with Crippen LogP contribution in [-0.2, 0) is 24.8 Å². The maximum absolute atomic E-state index is 10.8. The highest BCUT2D eigenvalue weighted by Gasteiger charge is 2.34. The molecule has 2 aromatic rings. The van der Waals surface area contributed by atoms with Crippen LogP contribution in [0.5, 0.6) is 0 Å². The maximum Gasteiger partial charge on any atom is 0.238 e. The fourth-order valence-electron chi connectivity index (χ4n) is 3.46. The van der Waals surface area contributed by atoms with Gasteiger partial charge >= 0.3 is 0 Å². The standard InChI is InChI=1S/C15H10N2O2.C8H10N2O2/c18-11-16-15(17-12-19,13-7-3-1-4-8-13)14-9-5-2-6-10-14;11-6-9-8(10-7-12)4-2-1-3-5-8/h1-10H;1-5H2.